The quantitative estimate of drug-likeness (QED) is 0.226. The van der Waals surface area contributed by atoms with Gasteiger partial charge in [-0.2, -0.15) is 8.78 Å². The molecule has 1 aliphatic carbocycles. The lowest BCUT2D eigenvalue weighted by atomic mass is 9.91. The number of hydrogen-bond acceptors (Lipinski definition) is 3. The highest BCUT2D eigenvalue weighted by atomic mass is 32.2. The number of aromatic nitrogens is 1. The maximum atomic E-state index is 12.7. The summed E-state index contributed by atoms with van der Waals surface area (Å²) in [6, 6.07) is 0. The van der Waals surface area contributed by atoms with Gasteiger partial charge < -0.3 is 0 Å². The van der Waals surface area contributed by atoms with Crippen molar-refractivity contribution in [3.05, 3.63) is 47.3 Å². The number of halogens is 3. The molecule has 1 heterocycles. The van der Waals surface area contributed by atoms with Crippen LogP contribution in [0, 0.1) is 18.8 Å². The molecule has 144 valence electrons. The molecule has 1 aromatic heterocycles. The minimum Gasteiger partial charge on any atom is -0.235 e. The standard InChI is InChI=1S/C20H26F3NS2/c1-14-9-10-16(7-5-3-4-6-8-18(21)19(22)23)17(14)11-12-25-20-24-15(2)13-26-20/h5,7,13,16-17H,1,3-4,6,8-12H2,2H3/b7-5+/t16?,17-/m0/s1. The van der Waals surface area contributed by atoms with Crippen LogP contribution in [0.25, 0.3) is 0 Å². The molecule has 0 amide bonds. The topological polar surface area (TPSA) is 12.9 Å². The first-order valence-corrected chi connectivity index (χ1v) is 10.9. The van der Waals surface area contributed by atoms with Crippen LogP contribution in [0.2, 0.25) is 0 Å². The summed E-state index contributed by atoms with van der Waals surface area (Å²) in [5.74, 6) is 0.803. The van der Waals surface area contributed by atoms with Gasteiger partial charge in [-0.25, -0.2) is 9.37 Å². The number of rotatable bonds is 10. The van der Waals surface area contributed by atoms with E-state index in [2.05, 4.69) is 29.1 Å². The molecule has 0 saturated heterocycles. The van der Waals surface area contributed by atoms with Gasteiger partial charge in [-0.3, -0.25) is 0 Å². The molecule has 2 atom stereocenters. The third-order valence-corrected chi connectivity index (χ3v) is 6.87. The smallest absolute Gasteiger partial charge is 0.235 e. The second kappa shape index (κ2) is 11.0. The van der Waals surface area contributed by atoms with Gasteiger partial charge in [0.25, 0.3) is 0 Å². The second-order valence-electron chi connectivity index (χ2n) is 6.70. The van der Waals surface area contributed by atoms with Gasteiger partial charge in [0, 0.05) is 23.2 Å². The lowest BCUT2D eigenvalue weighted by Crippen LogP contribution is -2.08. The van der Waals surface area contributed by atoms with Crippen molar-refractivity contribution < 1.29 is 13.2 Å². The van der Waals surface area contributed by atoms with Crippen LogP contribution < -0.4 is 0 Å². The predicted molar refractivity (Wildman–Crippen MR) is 106 cm³/mol. The Labute approximate surface area is 162 Å². The summed E-state index contributed by atoms with van der Waals surface area (Å²) in [5, 5.41) is 2.08. The van der Waals surface area contributed by atoms with E-state index in [0.717, 1.165) is 47.9 Å². The Morgan fingerprint density at radius 3 is 2.88 bits per heavy atom. The molecule has 0 radical (unpaired) electrons. The molecule has 1 aliphatic rings. The average molecular weight is 402 g/mol. The molecule has 1 fully saturated rings. The van der Waals surface area contributed by atoms with Crippen molar-refractivity contribution in [1.29, 1.82) is 0 Å². The van der Waals surface area contributed by atoms with Crippen molar-refractivity contribution in [3.8, 4) is 0 Å². The highest BCUT2D eigenvalue weighted by Gasteiger charge is 2.27. The third kappa shape index (κ3) is 6.95. The maximum Gasteiger partial charge on any atom is 0.301 e. The second-order valence-corrected chi connectivity index (χ2v) is 8.90. The van der Waals surface area contributed by atoms with Gasteiger partial charge >= 0.3 is 6.08 Å². The average Bonchev–Trinajstić information content (AvgIpc) is 3.17. The number of allylic oxidation sites excluding steroid dienone is 4. The summed E-state index contributed by atoms with van der Waals surface area (Å²) in [6.45, 7) is 6.25. The molecular weight excluding hydrogens is 375 g/mol. The SMILES string of the molecule is C=C1CCC(/C=C/CCCCC(F)=C(F)F)[C@H]1CCSc1nc(C)cs1. The van der Waals surface area contributed by atoms with E-state index >= 15 is 0 Å². The molecule has 2 rings (SSSR count). The summed E-state index contributed by atoms with van der Waals surface area (Å²) >= 11 is 3.51. The van der Waals surface area contributed by atoms with Crippen molar-refractivity contribution in [2.45, 2.75) is 56.2 Å². The lowest BCUT2D eigenvalue weighted by Gasteiger charge is -2.17. The monoisotopic (exact) mass is 401 g/mol. The van der Waals surface area contributed by atoms with Crippen molar-refractivity contribution in [3.63, 3.8) is 0 Å². The zero-order valence-electron chi connectivity index (χ0n) is 15.1. The first-order valence-electron chi connectivity index (χ1n) is 9.06. The lowest BCUT2D eigenvalue weighted by molar-refractivity contribution is 0.368. The number of aryl methyl sites for hydroxylation is 1. The summed E-state index contributed by atoms with van der Waals surface area (Å²) in [7, 11) is 0. The van der Waals surface area contributed by atoms with Gasteiger partial charge in [0.1, 0.15) is 4.34 Å². The molecule has 1 unspecified atom stereocenters. The van der Waals surface area contributed by atoms with E-state index in [9.17, 15) is 13.2 Å². The zero-order valence-corrected chi connectivity index (χ0v) is 16.8. The Morgan fingerprint density at radius 1 is 1.38 bits per heavy atom. The zero-order chi connectivity index (χ0) is 18.9. The van der Waals surface area contributed by atoms with Crippen molar-refractivity contribution in [2.24, 2.45) is 11.8 Å². The van der Waals surface area contributed by atoms with Crippen LogP contribution in [0.1, 0.15) is 50.6 Å². The normalized spacial score (nSPS) is 20.2. The fourth-order valence-electron chi connectivity index (χ4n) is 3.27. The maximum absolute atomic E-state index is 12.7. The summed E-state index contributed by atoms with van der Waals surface area (Å²) in [5.41, 5.74) is 2.41. The minimum absolute atomic E-state index is 0.160. The highest BCUT2D eigenvalue weighted by Crippen LogP contribution is 2.40. The van der Waals surface area contributed by atoms with E-state index in [1.54, 1.807) is 11.3 Å². The van der Waals surface area contributed by atoms with E-state index < -0.39 is 11.9 Å². The number of nitrogens with zero attached hydrogens (tertiary/aromatic N) is 1. The first kappa shape index (κ1) is 21.3. The van der Waals surface area contributed by atoms with Crippen LogP contribution in [0.5, 0.6) is 0 Å². The molecule has 1 saturated carbocycles. The Kier molecular flexibility index (Phi) is 8.99. The Balaban J connectivity index is 1.70. The van der Waals surface area contributed by atoms with E-state index in [1.807, 2.05) is 18.7 Å². The molecule has 0 aliphatic heterocycles. The number of thioether (sulfide) groups is 1. The molecule has 0 aromatic carbocycles. The van der Waals surface area contributed by atoms with Crippen LogP contribution in [-0.2, 0) is 0 Å². The highest BCUT2D eigenvalue weighted by molar-refractivity contribution is 8.01. The van der Waals surface area contributed by atoms with Gasteiger partial charge in [-0.05, 0) is 57.3 Å². The van der Waals surface area contributed by atoms with Crippen LogP contribution in [0.3, 0.4) is 0 Å². The van der Waals surface area contributed by atoms with E-state index in [4.69, 9.17) is 0 Å². The van der Waals surface area contributed by atoms with Gasteiger partial charge in [-0.15, -0.1) is 11.3 Å². The molecule has 1 nitrogen and oxygen atoms in total. The van der Waals surface area contributed by atoms with E-state index in [1.165, 1.54) is 5.57 Å². The molecule has 0 bridgehead atoms. The Bertz CT molecular complexity index is 647. The number of unbranched alkanes of at least 4 members (excludes halogenated alkanes) is 2. The molecule has 0 N–H and O–H groups in total. The van der Waals surface area contributed by atoms with Gasteiger partial charge in [0.05, 0.1) is 0 Å². The van der Waals surface area contributed by atoms with Gasteiger partial charge in [-0.1, -0.05) is 36.1 Å². The number of hydrogen-bond donors (Lipinski definition) is 0. The van der Waals surface area contributed by atoms with E-state index in [-0.39, 0.29) is 6.42 Å². The van der Waals surface area contributed by atoms with E-state index in [0.29, 0.717) is 18.3 Å². The van der Waals surface area contributed by atoms with Crippen molar-refractivity contribution >= 4 is 23.1 Å². The molecule has 1 aromatic rings. The van der Waals surface area contributed by atoms with Crippen LogP contribution in [0.4, 0.5) is 13.2 Å². The third-order valence-electron chi connectivity index (χ3n) is 4.70. The molecular formula is C20H26F3NS2. The largest absolute Gasteiger partial charge is 0.301 e. The minimum atomic E-state index is -2.18. The van der Waals surface area contributed by atoms with Crippen LogP contribution in [0.15, 0.2) is 45.9 Å². The molecule has 6 heteroatoms. The summed E-state index contributed by atoms with van der Waals surface area (Å²) in [4.78, 5) is 4.48. The van der Waals surface area contributed by atoms with Crippen LogP contribution in [-0.4, -0.2) is 10.7 Å². The van der Waals surface area contributed by atoms with Gasteiger partial charge in [0.2, 0.25) is 0 Å². The van der Waals surface area contributed by atoms with Gasteiger partial charge in [0.15, 0.2) is 5.83 Å². The van der Waals surface area contributed by atoms with Crippen LogP contribution >= 0.6 is 23.1 Å². The predicted octanol–water partition coefficient (Wildman–Crippen LogP) is 7.71. The fourth-order valence-corrected chi connectivity index (χ4v) is 5.21. The Morgan fingerprint density at radius 2 is 2.19 bits per heavy atom. The van der Waals surface area contributed by atoms with Crippen molar-refractivity contribution in [2.75, 3.05) is 5.75 Å². The molecule has 26 heavy (non-hydrogen) atoms. The summed E-state index contributed by atoms with van der Waals surface area (Å²) in [6.07, 6.45) is 7.34. The Hall–Kier alpha value is -1.01. The number of thiazole rings is 1. The summed E-state index contributed by atoms with van der Waals surface area (Å²) < 4.78 is 37.8. The first-order chi connectivity index (χ1) is 12.5. The fraction of sp³-hybridized carbons (Fsp3) is 0.550. The van der Waals surface area contributed by atoms with Crippen molar-refractivity contribution in [1.82, 2.24) is 4.98 Å². The molecule has 0 spiro atoms.